The summed E-state index contributed by atoms with van der Waals surface area (Å²) in [6, 6.07) is 5.57. The van der Waals surface area contributed by atoms with Crippen LogP contribution in [-0.2, 0) is 6.54 Å². The Morgan fingerprint density at radius 2 is 1.79 bits per heavy atom. The van der Waals surface area contributed by atoms with E-state index in [0.717, 1.165) is 37.2 Å². The average Bonchev–Trinajstić information content (AvgIpc) is 2.77. The molecule has 1 heterocycles. The van der Waals surface area contributed by atoms with E-state index in [2.05, 4.69) is 31.8 Å². The van der Waals surface area contributed by atoms with Crippen molar-refractivity contribution < 1.29 is 27.7 Å². The number of unbranched alkanes of at least 4 members (excludes halogenated alkanes) is 6. The van der Waals surface area contributed by atoms with Crippen molar-refractivity contribution in [1.29, 1.82) is 0 Å². The van der Waals surface area contributed by atoms with Crippen LogP contribution in [0.15, 0.2) is 29.2 Å². The maximum Gasteiger partial charge on any atom is 0.256 e. The van der Waals surface area contributed by atoms with E-state index in [1.165, 1.54) is 38.5 Å². The van der Waals surface area contributed by atoms with Crippen LogP contribution >= 0.6 is 0 Å². The van der Waals surface area contributed by atoms with E-state index in [1.54, 1.807) is 12.3 Å². The van der Waals surface area contributed by atoms with Gasteiger partial charge in [-0.25, -0.2) is 0 Å². The van der Waals surface area contributed by atoms with E-state index in [1.807, 2.05) is 16.7 Å². The molecule has 0 aliphatic carbocycles. The molecule has 2 aromatic rings. The highest BCUT2D eigenvalue weighted by atomic mass is 35.5. The predicted octanol–water partition coefficient (Wildman–Crippen LogP) is 1.15. The molecular weight excluding hydrogens is 438 g/mol. The fraction of sp³-hybridized carbons (Fsp3) is 0.615. The molecular formula is C26H42ClN3O3. The fourth-order valence-electron chi connectivity index (χ4n) is 3.84. The number of fused-ring (bicyclic) bond motifs is 1. The van der Waals surface area contributed by atoms with Crippen LogP contribution in [0.5, 0.6) is 5.75 Å². The number of carbonyl (C=O) groups excluding carboxylic acids is 1. The van der Waals surface area contributed by atoms with E-state index in [9.17, 15) is 9.59 Å². The molecule has 0 atom stereocenters. The molecule has 6 nitrogen and oxygen atoms in total. The van der Waals surface area contributed by atoms with Crippen molar-refractivity contribution in [2.75, 3.05) is 19.7 Å². The number of nitrogens with zero attached hydrogens (tertiary/aromatic N) is 1. The summed E-state index contributed by atoms with van der Waals surface area (Å²) in [7, 11) is 0. The first-order valence-corrected chi connectivity index (χ1v) is 12.3. The molecule has 0 saturated heterocycles. The third kappa shape index (κ3) is 9.38. The standard InChI is InChI=1S/C26H41N3O3.ClH/c1-4-5-6-7-8-9-10-16-32-21-12-13-22-24(17-21)29(18-20(2)3)19-23(25(22)30)26(31)28-15-11-14-27;/h12-13,17,19-20H,4-11,14-16,18,27H2,1-3H3,(H,28,31);1H. The Morgan fingerprint density at radius 3 is 2.45 bits per heavy atom. The number of ether oxygens (including phenoxy) is 1. The molecule has 7 heteroatoms. The van der Waals surface area contributed by atoms with Crippen LogP contribution in [0.1, 0.15) is 82.5 Å². The Kier molecular flexibility index (Phi) is 13.8. The Balaban J connectivity index is 0.00000544. The van der Waals surface area contributed by atoms with Gasteiger partial charge < -0.3 is 32.8 Å². The summed E-state index contributed by atoms with van der Waals surface area (Å²) in [5.74, 6) is 0.829. The second kappa shape index (κ2) is 15.7. The molecule has 0 spiro atoms. The van der Waals surface area contributed by atoms with Gasteiger partial charge in [0.2, 0.25) is 5.43 Å². The van der Waals surface area contributed by atoms with Crippen LogP contribution in [-0.4, -0.2) is 30.2 Å². The lowest BCUT2D eigenvalue weighted by atomic mass is 10.1. The monoisotopic (exact) mass is 479 g/mol. The van der Waals surface area contributed by atoms with Crippen LogP contribution in [0.25, 0.3) is 10.9 Å². The molecule has 1 aromatic heterocycles. The Hall–Kier alpha value is -2.05. The average molecular weight is 480 g/mol. The highest BCUT2D eigenvalue weighted by Crippen LogP contribution is 2.21. The largest absolute Gasteiger partial charge is 1.00 e. The fourth-order valence-corrected chi connectivity index (χ4v) is 3.84. The van der Waals surface area contributed by atoms with Crippen LogP contribution < -0.4 is 33.6 Å². The van der Waals surface area contributed by atoms with E-state index < -0.39 is 0 Å². The van der Waals surface area contributed by atoms with E-state index in [-0.39, 0.29) is 29.3 Å². The second-order valence-corrected chi connectivity index (χ2v) is 9.03. The Labute approximate surface area is 204 Å². The molecule has 1 amide bonds. The van der Waals surface area contributed by atoms with Crippen molar-refractivity contribution in [3.05, 3.63) is 40.2 Å². The Bertz CT molecular complexity index is 912. The highest BCUT2D eigenvalue weighted by molar-refractivity contribution is 5.97. The van der Waals surface area contributed by atoms with Crippen molar-refractivity contribution in [3.63, 3.8) is 0 Å². The van der Waals surface area contributed by atoms with Crippen molar-refractivity contribution in [2.24, 2.45) is 5.92 Å². The van der Waals surface area contributed by atoms with Crippen molar-refractivity contribution in [3.8, 4) is 5.75 Å². The molecule has 0 aliphatic heterocycles. The van der Waals surface area contributed by atoms with Crippen molar-refractivity contribution in [1.82, 2.24) is 9.88 Å². The van der Waals surface area contributed by atoms with Crippen LogP contribution in [0.3, 0.4) is 0 Å². The quantitative estimate of drug-likeness (QED) is 0.376. The summed E-state index contributed by atoms with van der Waals surface area (Å²) in [6.07, 6.45) is 11.2. The molecule has 33 heavy (non-hydrogen) atoms. The minimum absolute atomic E-state index is 0. The maximum absolute atomic E-state index is 13.0. The van der Waals surface area contributed by atoms with Gasteiger partial charge in [-0.3, -0.25) is 9.59 Å². The molecule has 0 fully saturated rings. The molecule has 4 N–H and O–H groups in total. The number of hydrogen-bond donors (Lipinski definition) is 2. The van der Waals surface area contributed by atoms with Crippen molar-refractivity contribution in [2.45, 2.75) is 78.7 Å². The molecule has 1 aromatic carbocycles. The van der Waals surface area contributed by atoms with Gasteiger partial charge in [-0.1, -0.05) is 59.3 Å². The van der Waals surface area contributed by atoms with E-state index >= 15 is 0 Å². The van der Waals surface area contributed by atoms with Crippen LogP contribution in [0, 0.1) is 5.92 Å². The number of pyridine rings is 1. The first-order valence-electron chi connectivity index (χ1n) is 12.3. The minimum atomic E-state index is -0.317. The Morgan fingerprint density at radius 1 is 1.09 bits per heavy atom. The van der Waals surface area contributed by atoms with Gasteiger partial charge in [0.1, 0.15) is 11.3 Å². The summed E-state index contributed by atoms with van der Waals surface area (Å²) in [6.45, 7) is 9.15. The van der Waals surface area contributed by atoms with Gasteiger partial charge in [0, 0.05) is 37.2 Å². The molecule has 2 rings (SSSR count). The molecule has 0 unspecified atom stereocenters. The molecule has 186 valence electrons. The smallest absolute Gasteiger partial charge is 0.256 e. The molecule has 0 bridgehead atoms. The number of carbonyl (C=O) groups is 1. The van der Waals surface area contributed by atoms with Gasteiger partial charge in [0.05, 0.1) is 18.7 Å². The van der Waals surface area contributed by atoms with Crippen LogP contribution in [0.2, 0.25) is 0 Å². The maximum atomic E-state index is 13.0. The van der Waals surface area contributed by atoms with Gasteiger partial charge in [-0.15, -0.1) is 0 Å². The third-order valence-electron chi connectivity index (χ3n) is 5.59. The number of aromatic nitrogens is 1. The number of nitrogens with one attached hydrogen (secondary N) is 1. The van der Waals surface area contributed by atoms with Crippen LogP contribution in [0.4, 0.5) is 0 Å². The van der Waals surface area contributed by atoms with Gasteiger partial charge in [0.25, 0.3) is 5.91 Å². The van der Waals surface area contributed by atoms with Gasteiger partial charge >= 0.3 is 0 Å². The van der Waals surface area contributed by atoms with Crippen molar-refractivity contribution >= 4 is 16.8 Å². The first-order chi connectivity index (χ1) is 15.5. The number of halogens is 1. The summed E-state index contributed by atoms with van der Waals surface area (Å²) >= 11 is 0. The predicted molar refractivity (Wildman–Crippen MR) is 131 cm³/mol. The highest BCUT2D eigenvalue weighted by Gasteiger charge is 2.16. The first kappa shape index (κ1) is 29.0. The molecule has 0 aliphatic rings. The zero-order valence-electron chi connectivity index (χ0n) is 20.6. The zero-order chi connectivity index (χ0) is 23.3. The van der Waals surface area contributed by atoms with E-state index in [0.29, 0.717) is 24.5 Å². The number of quaternary nitrogens is 1. The normalized spacial score (nSPS) is 10.9. The summed E-state index contributed by atoms with van der Waals surface area (Å²) in [5, 5.41) is 3.39. The summed E-state index contributed by atoms with van der Waals surface area (Å²) < 4.78 is 8.00. The lowest BCUT2D eigenvalue weighted by Crippen LogP contribution is -3.00. The summed E-state index contributed by atoms with van der Waals surface area (Å²) in [4.78, 5) is 25.6. The lowest BCUT2D eigenvalue weighted by molar-refractivity contribution is -0.367. The zero-order valence-corrected chi connectivity index (χ0v) is 21.4. The third-order valence-corrected chi connectivity index (χ3v) is 5.59. The number of amides is 1. The second-order valence-electron chi connectivity index (χ2n) is 9.03. The topological polar surface area (TPSA) is 88.0 Å². The number of benzene rings is 1. The lowest BCUT2D eigenvalue weighted by Gasteiger charge is -2.16. The van der Waals surface area contributed by atoms with Gasteiger partial charge in [0.15, 0.2) is 0 Å². The summed E-state index contributed by atoms with van der Waals surface area (Å²) in [5.41, 5.74) is 4.56. The van der Waals surface area contributed by atoms with Gasteiger partial charge in [-0.2, -0.15) is 0 Å². The molecule has 0 saturated carbocycles. The van der Waals surface area contributed by atoms with Gasteiger partial charge in [-0.05, 0) is 24.5 Å². The SMILES string of the molecule is CCCCCCCCCOc1ccc2c(=O)c(C(=O)NCCC[NH3+])cn(CC(C)C)c2c1.[Cl-]. The van der Waals surface area contributed by atoms with E-state index in [4.69, 9.17) is 4.74 Å². The molecule has 0 radical (unpaired) electrons. The minimum Gasteiger partial charge on any atom is -1.00 e. The number of hydrogen-bond acceptors (Lipinski definition) is 3. The number of rotatable bonds is 15.